The number of aromatic nitrogens is 3. The van der Waals surface area contributed by atoms with Gasteiger partial charge in [0, 0.05) is 37.6 Å². The average Bonchev–Trinajstić information content (AvgIpc) is 3.34. The number of hydrogen-bond donors (Lipinski definition) is 1. The normalized spacial score (nSPS) is 11.1. The van der Waals surface area contributed by atoms with Crippen LogP contribution in [0.5, 0.6) is 5.75 Å². The molecule has 2 aromatic heterocycles. The average molecular weight is 506 g/mol. The predicted molar refractivity (Wildman–Crippen MR) is 129 cm³/mol. The van der Waals surface area contributed by atoms with Crippen LogP contribution in [0, 0.1) is 11.3 Å². The molecule has 1 N–H and O–H groups in total. The minimum absolute atomic E-state index is 0.0973. The van der Waals surface area contributed by atoms with E-state index in [1.165, 1.54) is 30.6 Å². The van der Waals surface area contributed by atoms with Crippen LogP contribution in [-0.2, 0) is 25.7 Å². The van der Waals surface area contributed by atoms with E-state index in [0.29, 0.717) is 30.6 Å². The summed E-state index contributed by atoms with van der Waals surface area (Å²) in [6, 6.07) is 15.8. The van der Waals surface area contributed by atoms with Crippen LogP contribution in [0.4, 0.5) is 13.2 Å². The van der Waals surface area contributed by atoms with Gasteiger partial charge in [0.2, 0.25) is 0 Å². The molecule has 10 heteroatoms. The highest BCUT2D eigenvalue weighted by Crippen LogP contribution is 2.29. The molecule has 0 aliphatic heterocycles. The molecule has 2 aromatic carbocycles. The Morgan fingerprint density at radius 2 is 1.84 bits per heavy atom. The highest BCUT2D eigenvalue weighted by atomic mass is 19.4. The summed E-state index contributed by atoms with van der Waals surface area (Å²) in [6.07, 6.45) is 2.34. The molecule has 0 radical (unpaired) electrons. The second-order valence-electron chi connectivity index (χ2n) is 8.22. The number of benzene rings is 2. The standard InChI is InChI=1S/C27H22F3N5O2/c28-27(29,30)23-3-1-2-21(10-23)17-37-25-11-22(13-32-15-25)26(36)34-9-8-24-14-33-18-35(24)16-20-6-4-19(12-31)5-7-20/h1-7,10-11,13-15,18H,8-9,16-17H2,(H,34,36). The van der Waals surface area contributed by atoms with Gasteiger partial charge in [0.05, 0.1) is 35.3 Å². The summed E-state index contributed by atoms with van der Waals surface area (Å²) in [5, 5.41) is 11.8. The van der Waals surface area contributed by atoms with E-state index in [4.69, 9.17) is 10.00 Å². The molecule has 0 saturated carbocycles. The van der Waals surface area contributed by atoms with E-state index in [9.17, 15) is 18.0 Å². The van der Waals surface area contributed by atoms with Crippen LogP contribution in [0.15, 0.2) is 79.5 Å². The Balaban J connectivity index is 1.30. The van der Waals surface area contributed by atoms with Gasteiger partial charge in [0.25, 0.3) is 5.91 Å². The highest BCUT2D eigenvalue weighted by Gasteiger charge is 2.30. The van der Waals surface area contributed by atoms with E-state index in [1.54, 1.807) is 24.7 Å². The summed E-state index contributed by atoms with van der Waals surface area (Å²) in [5.74, 6) is -0.0827. The van der Waals surface area contributed by atoms with Crippen molar-refractivity contribution >= 4 is 5.91 Å². The largest absolute Gasteiger partial charge is 0.487 e. The fourth-order valence-electron chi connectivity index (χ4n) is 3.61. The quantitative estimate of drug-likeness (QED) is 0.354. The van der Waals surface area contributed by atoms with Crippen molar-refractivity contribution in [1.82, 2.24) is 19.9 Å². The number of carbonyl (C=O) groups excluding carboxylic acids is 1. The number of pyridine rings is 1. The molecule has 0 aliphatic rings. The molecule has 0 aliphatic carbocycles. The topological polar surface area (TPSA) is 92.8 Å². The first-order valence-corrected chi connectivity index (χ1v) is 11.3. The molecule has 0 atom stereocenters. The molecule has 0 bridgehead atoms. The number of hydrogen-bond acceptors (Lipinski definition) is 5. The number of imidazole rings is 1. The minimum Gasteiger partial charge on any atom is -0.487 e. The molecule has 4 rings (SSSR count). The molecule has 0 fully saturated rings. The van der Waals surface area contributed by atoms with E-state index in [1.807, 2.05) is 16.7 Å². The number of ether oxygens (including phenoxy) is 1. The van der Waals surface area contributed by atoms with Crippen molar-refractivity contribution in [3.63, 3.8) is 0 Å². The molecule has 0 spiro atoms. The van der Waals surface area contributed by atoms with E-state index in [0.717, 1.165) is 23.4 Å². The summed E-state index contributed by atoms with van der Waals surface area (Å²) < 4.78 is 46.2. The molecular weight excluding hydrogens is 483 g/mol. The number of alkyl halides is 3. The molecule has 4 aromatic rings. The molecule has 37 heavy (non-hydrogen) atoms. The summed E-state index contributed by atoms with van der Waals surface area (Å²) in [4.78, 5) is 20.8. The Labute approximate surface area is 211 Å². The van der Waals surface area contributed by atoms with Gasteiger partial charge in [-0.3, -0.25) is 9.78 Å². The van der Waals surface area contributed by atoms with Crippen LogP contribution in [0.1, 0.15) is 38.3 Å². The highest BCUT2D eigenvalue weighted by molar-refractivity contribution is 5.94. The van der Waals surface area contributed by atoms with Crippen LogP contribution < -0.4 is 10.1 Å². The maximum Gasteiger partial charge on any atom is 0.416 e. The van der Waals surface area contributed by atoms with Crippen molar-refractivity contribution in [2.75, 3.05) is 6.54 Å². The van der Waals surface area contributed by atoms with Gasteiger partial charge in [0.15, 0.2) is 0 Å². The number of nitrogens with one attached hydrogen (secondary N) is 1. The lowest BCUT2D eigenvalue weighted by atomic mass is 10.1. The van der Waals surface area contributed by atoms with Gasteiger partial charge >= 0.3 is 6.18 Å². The summed E-state index contributed by atoms with van der Waals surface area (Å²) in [5.41, 5.74) is 2.42. The smallest absolute Gasteiger partial charge is 0.416 e. The Morgan fingerprint density at radius 3 is 2.59 bits per heavy atom. The number of rotatable bonds is 9. The van der Waals surface area contributed by atoms with Crippen LogP contribution in [0.2, 0.25) is 0 Å². The third kappa shape index (κ3) is 6.95. The summed E-state index contributed by atoms with van der Waals surface area (Å²) in [7, 11) is 0. The zero-order chi connectivity index (χ0) is 26.3. The van der Waals surface area contributed by atoms with Crippen molar-refractivity contribution < 1.29 is 22.7 Å². The SMILES string of the molecule is N#Cc1ccc(Cn2cncc2CCNC(=O)c2cncc(OCc3cccc(C(F)(F)F)c3)c2)cc1. The van der Waals surface area contributed by atoms with Gasteiger partial charge in [-0.25, -0.2) is 4.98 Å². The molecule has 0 unspecified atom stereocenters. The van der Waals surface area contributed by atoms with Crippen molar-refractivity contribution in [3.8, 4) is 11.8 Å². The van der Waals surface area contributed by atoms with Gasteiger partial charge in [-0.15, -0.1) is 0 Å². The predicted octanol–water partition coefficient (Wildman–Crippen LogP) is 4.77. The summed E-state index contributed by atoms with van der Waals surface area (Å²) in [6.45, 7) is 0.845. The van der Waals surface area contributed by atoms with Gasteiger partial charge in [0.1, 0.15) is 12.4 Å². The molecule has 1 amide bonds. The third-order valence-electron chi connectivity index (χ3n) is 5.54. The molecular formula is C27H22F3N5O2. The molecule has 188 valence electrons. The summed E-state index contributed by atoms with van der Waals surface area (Å²) >= 11 is 0. The lowest BCUT2D eigenvalue weighted by molar-refractivity contribution is -0.137. The van der Waals surface area contributed by atoms with Crippen LogP contribution >= 0.6 is 0 Å². The number of nitrogens with zero attached hydrogens (tertiary/aromatic N) is 4. The number of amides is 1. The Morgan fingerprint density at radius 1 is 1.03 bits per heavy atom. The van der Waals surface area contributed by atoms with Crippen molar-refractivity contribution in [1.29, 1.82) is 5.26 Å². The fourth-order valence-corrected chi connectivity index (χ4v) is 3.61. The van der Waals surface area contributed by atoms with E-state index in [-0.39, 0.29) is 23.8 Å². The van der Waals surface area contributed by atoms with E-state index >= 15 is 0 Å². The molecule has 2 heterocycles. The number of halogens is 3. The number of nitriles is 1. The maximum absolute atomic E-state index is 12.9. The fraction of sp³-hybridized carbons (Fsp3) is 0.185. The van der Waals surface area contributed by atoms with E-state index in [2.05, 4.69) is 21.4 Å². The second-order valence-corrected chi connectivity index (χ2v) is 8.22. The van der Waals surface area contributed by atoms with Gasteiger partial charge in [-0.1, -0.05) is 24.3 Å². The Bertz CT molecular complexity index is 1410. The zero-order valence-corrected chi connectivity index (χ0v) is 19.6. The van der Waals surface area contributed by atoms with Crippen LogP contribution in [0.3, 0.4) is 0 Å². The van der Waals surface area contributed by atoms with Crippen LogP contribution in [-0.4, -0.2) is 27.0 Å². The van der Waals surface area contributed by atoms with E-state index < -0.39 is 11.7 Å². The lowest BCUT2D eigenvalue weighted by Gasteiger charge is -2.11. The first kappa shape index (κ1) is 25.4. The molecule has 7 nitrogen and oxygen atoms in total. The van der Waals surface area contributed by atoms with Crippen molar-refractivity contribution in [3.05, 3.63) is 113 Å². The maximum atomic E-state index is 12.9. The van der Waals surface area contributed by atoms with Gasteiger partial charge in [-0.05, 0) is 41.5 Å². The minimum atomic E-state index is -4.43. The van der Waals surface area contributed by atoms with Crippen molar-refractivity contribution in [2.45, 2.75) is 25.7 Å². The lowest BCUT2D eigenvalue weighted by Crippen LogP contribution is -2.26. The second kappa shape index (κ2) is 11.4. The monoisotopic (exact) mass is 505 g/mol. The van der Waals surface area contributed by atoms with Crippen LogP contribution in [0.25, 0.3) is 0 Å². The Hall–Kier alpha value is -4.65. The third-order valence-corrected chi connectivity index (χ3v) is 5.54. The first-order chi connectivity index (χ1) is 17.8. The van der Waals surface area contributed by atoms with Gasteiger partial charge in [-0.2, -0.15) is 18.4 Å². The molecule has 0 saturated heterocycles. The number of carbonyl (C=O) groups is 1. The van der Waals surface area contributed by atoms with Crippen molar-refractivity contribution in [2.24, 2.45) is 0 Å². The zero-order valence-electron chi connectivity index (χ0n) is 19.6. The first-order valence-electron chi connectivity index (χ1n) is 11.3. The Kier molecular flexibility index (Phi) is 7.83. The van der Waals surface area contributed by atoms with Gasteiger partial charge < -0.3 is 14.6 Å².